The van der Waals surface area contributed by atoms with Crippen molar-refractivity contribution < 1.29 is 4.42 Å². The van der Waals surface area contributed by atoms with E-state index in [1.807, 2.05) is 0 Å². The topological polar surface area (TPSA) is 51.8 Å². The SMILES string of the molecule is Bc1c(B)c(B)c(-c2nc(-c3c(B)c(B)c(B)c(B)c3B)nc(-c3c(B)c(B)c4c(B)c(B)c5c(B)c6oc7c(B)c(B)c(B)c(B)c7c6c(B)c5c4c3B)n2)c(B)c1B. The Hall–Kier alpha value is -3.99. The highest BCUT2D eigenvalue weighted by atomic mass is 16.3. The molecule has 0 saturated heterocycles. The maximum absolute atomic E-state index is 6.96. The molecule has 0 saturated carbocycles. The lowest BCUT2D eigenvalue weighted by Crippen LogP contribution is -2.55. The molecular weight excluding hydrogens is 705 g/mol. The van der Waals surface area contributed by atoms with Crippen LogP contribution < -0.4 is 115 Å². The minimum absolute atomic E-state index is 0.729. The third-order valence-electron chi connectivity index (χ3n) is 16.2. The largest absolute Gasteiger partial charge is 0.457 e. The summed E-state index contributed by atoms with van der Waals surface area (Å²) in [6.45, 7) is 0. The number of benzene rings is 6. The zero-order valence-corrected chi connectivity index (χ0v) is 40.2. The second-order valence-electron chi connectivity index (χ2n) is 18.6. The van der Waals surface area contributed by atoms with E-state index in [9.17, 15) is 0 Å². The van der Waals surface area contributed by atoms with Crippen molar-refractivity contribution in [2.75, 3.05) is 0 Å². The molecule has 25 heteroatoms. The molecule has 0 N–H and O–H groups in total. The lowest BCUT2D eigenvalue weighted by Gasteiger charge is -2.25. The number of aromatic nitrogens is 3. The van der Waals surface area contributed by atoms with Gasteiger partial charge in [0.25, 0.3) is 0 Å². The molecule has 0 atom stereocenters. The summed E-state index contributed by atoms with van der Waals surface area (Å²) in [6.07, 6.45) is 0. The van der Waals surface area contributed by atoms with E-state index in [0.29, 0.717) is 0 Å². The fourth-order valence-corrected chi connectivity index (χ4v) is 11.0. The first-order chi connectivity index (χ1) is 28.1. The predicted molar refractivity (Wildman–Crippen MR) is 330 cm³/mol. The van der Waals surface area contributed by atoms with Gasteiger partial charge < -0.3 is 4.42 Å². The van der Waals surface area contributed by atoms with Gasteiger partial charge in [-0.25, -0.2) is 15.0 Å². The van der Waals surface area contributed by atoms with E-state index in [4.69, 9.17) is 19.4 Å². The average Bonchev–Trinajstić information content (AvgIpc) is 3.63. The van der Waals surface area contributed by atoms with Gasteiger partial charge in [-0.1, -0.05) is 71.0 Å². The standard InChI is InChI=1S/C35H42B21N3O/c36-10-2-1-3(12(38)14(40)4(2)21(47)31-5(10)6-15(41)22(48)29(55)30(56)32(6)60-31)13(39)16(42)7(11(1)37)33-57-34(8-17(43)23(49)27(53)24(50)18(8)44)59-35(58-33)9-19(45)25(51)28(54)26(52)20(9)46/h36-56H2. The molecule has 0 radical (unpaired) electrons. The first-order valence-corrected chi connectivity index (χ1v) is 21.7. The fourth-order valence-electron chi connectivity index (χ4n) is 11.0. The van der Waals surface area contributed by atoms with Crippen molar-refractivity contribution in [2.24, 2.45) is 0 Å². The first kappa shape index (κ1) is 42.7. The Kier molecular flexibility index (Phi) is 10.4. The molecule has 60 heavy (non-hydrogen) atoms. The molecule has 0 aliphatic carbocycles. The Morgan fingerprint density at radius 2 is 0.450 bits per heavy atom. The molecule has 266 valence electrons. The molecule has 0 unspecified atom stereocenters. The van der Waals surface area contributed by atoms with Gasteiger partial charge in [0.2, 0.25) is 0 Å². The number of furan rings is 1. The smallest absolute Gasteiger partial charge is 0.162 e. The van der Waals surface area contributed by atoms with Crippen LogP contribution in [0.15, 0.2) is 4.42 Å². The van der Waals surface area contributed by atoms with E-state index < -0.39 is 0 Å². The summed E-state index contributed by atoms with van der Waals surface area (Å²) in [4.78, 5) is 16.6. The molecule has 8 aromatic rings. The van der Waals surface area contributed by atoms with Crippen LogP contribution in [-0.4, -0.2) is 180 Å². The molecule has 4 nitrogen and oxygen atoms in total. The molecular formula is C35H42B21N3O. The van der Waals surface area contributed by atoms with E-state index in [1.54, 1.807) is 0 Å². The van der Waals surface area contributed by atoms with Crippen molar-refractivity contribution in [1.82, 2.24) is 15.0 Å². The average molecular weight is 748 g/mol. The zero-order valence-electron chi connectivity index (χ0n) is 40.2. The van der Waals surface area contributed by atoms with Gasteiger partial charge in [-0.3, -0.25) is 0 Å². The number of hydrogen-bond acceptors (Lipinski definition) is 4. The van der Waals surface area contributed by atoms with Gasteiger partial charge in [0, 0.05) is 27.5 Å². The van der Waals surface area contributed by atoms with Gasteiger partial charge >= 0.3 is 0 Å². The Bertz CT molecular complexity index is 3200. The van der Waals surface area contributed by atoms with Gasteiger partial charge in [-0.2, -0.15) is 0 Å². The van der Waals surface area contributed by atoms with Crippen molar-refractivity contribution in [3.05, 3.63) is 0 Å². The lowest BCUT2D eigenvalue weighted by atomic mass is 9.60. The Balaban J connectivity index is 1.59. The number of rotatable bonds is 3. The second-order valence-corrected chi connectivity index (χ2v) is 18.6. The summed E-state index contributed by atoms with van der Waals surface area (Å²) in [5.41, 5.74) is 32.0. The van der Waals surface area contributed by atoms with Crippen LogP contribution in [0.1, 0.15) is 0 Å². The minimum Gasteiger partial charge on any atom is -0.457 e. The molecule has 8 rings (SSSR count). The lowest BCUT2D eigenvalue weighted by molar-refractivity contribution is 0.675. The van der Waals surface area contributed by atoms with Crippen molar-refractivity contribution in [2.45, 2.75) is 0 Å². The van der Waals surface area contributed by atoms with Crippen LogP contribution in [-0.2, 0) is 0 Å². The van der Waals surface area contributed by atoms with Crippen molar-refractivity contribution in [3.63, 3.8) is 0 Å². The first-order valence-electron chi connectivity index (χ1n) is 21.7. The molecule has 0 spiro atoms. The maximum atomic E-state index is 6.96. The van der Waals surface area contributed by atoms with Gasteiger partial charge in [0.1, 0.15) is 176 Å². The second kappa shape index (κ2) is 14.6. The summed E-state index contributed by atoms with van der Waals surface area (Å²) in [5.74, 6) is 2.21. The van der Waals surface area contributed by atoms with Gasteiger partial charge in [-0.05, 0) is 27.0 Å². The summed E-state index contributed by atoms with van der Waals surface area (Å²) in [7, 11) is 47.4. The van der Waals surface area contributed by atoms with Crippen LogP contribution in [0, 0.1) is 0 Å². The van der Waals surface area contributed by atoms with Gasteiger partial charge in [-0.15, -0.1) is 38.2 Å². The predicted octanol–water partition coefficient (Wildman–Crippen LogP) is -27.5. The summed E-state index contributed by atoms with van der Waals surface area (Å²) >= 11 is 0. The molecule has 0 aliphatic heterocycles. The zero-order chi connectivity index (χ0) is 44.0. The van der Waals surface area contributed by atoms with Gasteiger partial charge in [0.15, 0.2) is 17.5 Å². The van der Waals surface area contributed by atoms with Crippen LogP contribution in [0.25, 0.3) is 77.6 Å². The highest BCUT2D eigenvalue weighted by Crippen LogP contribution is 2.29. The molecule has 0 fully saturated rings. The minimum atomic E-state index is 0.729. The molecule has 0 amide bonds. The summed E-state index contributed by atoms with van der Waals surface area (Å²) < 4.78 is 6.96. The Morgan fingerprint density at radius 1 is 0.200 bits per heavy atom. The normalized spacial score (nSPS) is 11.7. The summed E-state index contributed by atoms with van der Waals surface area (Å²) in [6, 6.07) is 0. The molecule has 0 bridgehead atoms. The summed E-state index contributed by atoms with van der Waals surface area (Å²) in [5, 5.41) is 7.69. The maximum Gasteiger partial charge on any atom is 0.162 e. The Morgan fingerprint density at radius 3 is 0.883 bits per heavy atom. The third-order valence-corrected chi connectivity index (χ3v) is 16.2. The van der Waals surface area contributed by atoms with E-state index in [0.717, 1.165) is 45.3 Å². The van der Waals surface area contributed by atoms with Crippen LogP contribution in [0.2, 0.25) is 0 Å². The Labute approximate surface area is 374 Å². The van der Waals surface area contributed by atoms with Crippen molar-refractivity contribution >= 4 is 323 Å². The highest BCUT2D eigenvalue weighted by Gasteiger charge is 2.28. The number of fused-ring (bicyclic) bond motifs is 6. The fraction of sp³-hybridized carbons (Fsp3) is 0. The molecule has 2 aromatic heterocycles. The molecule has 6 aromatic carbocycles. The van der Waals surface area contributed by atoms with E-state index in [-0.39, 0.29) is 0 Å². The van der Waals surface area contributed by atoms with Crippen molar-refractivity contribution in [3.8, 4) is 34.2 Å². The van der Waals surface area contributed by atoms with Crippen LogP contribution in [0.4, 0.5) is 0 Å². The van der Waals surface area contributed by atoms with E-state index in [1.165, 1.54) is 147 Å². The van der Waals surface area contributed by atoms with Crippen molar-refractivity contribution in [1.29, 1.82) is 0 Å². The molecule has 0 aliphatic rings. The number of nitrogens with zero attached hydrogens (tertiary/aromatic N) is 3. The van der Waals surface area contributed by atoms with Crippen LogP contribution >= 0.6 is 0 Å². The van der Waals surface area contributed by atoms with Crippen LogP contribution in [0.5, 0.6) is 0 Å². The third kappa shape index (κ3) is 5.64. The molecule has 2 heterocycles. The highest BCUT2D eigenvalue weighted by molar-refractivity contribution is 6.74. The van der Waals surface area contributed by atoms with E-state index in [2.05, 4.69) is 165 Å². The van der Waals surface area contributed by atoms with Crippen LogP contribution in [0.3, 0.4) is 0 Å². The van der Waals surface area contributed by atoms with Gasteiger partial charge in [0.05, 0.1) is 0 Å². The number of hydrogen-bond donors (Lipinski definition) is 0. The van der Waals surface area contributed by atoms with E-state index >= 15 is 0 Å². The monoisotopic (exact) mass is 752 g/mol. The quantitative estimate of drug-likeness (QED) is 0.133.